The van der Waals surface area contributed by atoms with Gasteiger partial charge in [0, 0.05) is 5.69 Å². The van der Waals surface area contributed by atoms with E-state index < -0.39 is 5.97 Å². The molecule has 3 N–H and O–H groups in total. The van der Waals surface area contributed by atoms with Crippen LogP contribution in [0.4, 0.5) is 5.69 Å². The molecule has 0 bridgehead atoms. The number of carboxylic acid groups (broad SMARTS) is 1. The van der Waals surface area contributed by atoms with Gasteiger partial charge in [-0.05, 0) is 42.7 Å². The van der Waals surface area contributed by atoms with Gasteiger partial charge in [0.05, 0.1) is 5.56 Å². The van der Waals surface area contributed by atoms with E-state index in [-0.39, 0.29) is 11.3 Å². The first-order valence-corrected chi connectivity index (χ1v) is 5.69. The Balaban J connectivity index is 2.61. The molecule has 0 saturated carbocycles. The number of hydrogen-bond acceptors (Lipinski definition) is 2. The first kappa shape index (κ1) is 12.2. The number of aromatic carboxylic acids is 1. The van der Waals surface area contributed by atoms with Gasteiger partial charge in [0.15, 0.2) is 0 Å². The number of nitrogen functional groups attached to an aromatic ring is 1. The highest BCUT2D eigenvalue weighted by Crippen LogP contribution is 2.27. The zero-order valence-corrected chi connectivity index (χ0v) is 10.4. The predicted octanol–water partition coefficient (Wildman–Crippen LogP) is 3.25. The Morgan fingerprint density at radius 1 is 1.11 bits per heavy atom. The van der Waals surface area contributed by atoms with E-state index in [0.29, 0.717) is 0 Å². The molecule has 0 atom stereocenters. The molecule has 0 aromatic heterocycles. The van der Waals surface area contributed by atoms with E-state index in [0.717, 1.165) is 22.3 Å². The van der Waals surface area contributed by atoms with Gasteiger partial charge >= 0.3 is 5.97 Å². The average molecular weight is 241 g/mol. The second-order valence-electron chi connectivity index (χ2n) is 4.43. The molecular weight excluding hydrogens is 226 g/mol. The Hall–Kier alpha value is -2.29. The third kappa shape index (κ3) is 2.20. The van der Waals surface area contributed by atoms with E-state index in [2.05, 4.69) is 0 Å². The molecule has 0 amide bonds. The molecular formula is C15H15NO2. The van der Waals surface area contributed by atoms with Crippen LogP contribution in [-0.2, 0) is 0 Å². The fourth-order valence-corrected chi connectivity index (χ4v) is 1.96. The van der Waals surface area contributed by atoms with Crippen LogP contribution in [0.1, 0.15) is 21.5 Å². The lowest BCUT2D eigenvalue weighted by Crippen LogP contribution is -2.02. The third-order valence-corrected chi connectivity index (χ3v) is 2.99. The van der Waals surface area contributed by atoms with Gasteiger partial charge in [0.2, 0.25) is 0 Å². The molecule has 0 heterocycles. The molecule has 0 spiro atoms. The van der Waals surface area contributed by atoms with Gasteiger partial charge in [0.1, 0.15) is 0 Å². The van der Waals surface area contributed by atoms with E-state index in [1.54, 1.807) is 12.1 Å². The summed E-state index contributed by atoms with van der Waals surface area (Å²) in [6.07, 6.45) is 0. The second kappa shape index (κ2) is 4.53. The molecule has 2 rings (SSSR count). The molecule has 3 heteroatoms. The Morgan fingerprint density at radius 2 is 1.83 bits per heavy atom. The molecule has 3 nitrogen and oxygen atoms in total. The Kier molecular flexibility index (Phi) is 3.06. The van der Waals surface area contributed by atoms with E-state index in [1.807, 2.05) is 38.1 Å². The van der Waals surface area contributed by atoms with Crippen LogP contribution in [0.2, 0.25) is 0 Å². The fourth-order valence-electron chi connectivity index (χ4n) is 1.96. The molecule has 18 heavy (non-hydrogen) atoms. The van der Waals surface area contributed by atoms with Gasteiger partial charge in [-0.3, -0.25) is 0 Å². The van der Waals surface area contributed by atoms with E-state index in [9.17, 15) is 4.79 Å². The standard InChI is InChI=1S/C15H15NO2/c1-9-3-4-10(2)12(7-9)11-5-6-14(16)13(8-11)15(17)18/h3-8H,16H2,1-2H3,(H,17,18). The Labute approximate surface area is 106 Å². The maximum atomic E-state index is 11.1. The highest BCUT2D eigenvalue weighted by molar-refractivity contribution is 5.95. The minimum atomic E-state index is -1.00. The van der Waals surface area contributed by atoms with Crippen LogP contribution in [0.5, 0.6) is 0 Å². The van der Waals surface area contributed by atoms with Crippen molar-refractivity contribution in [3.05, 3.63) is 53.1 Å². The Morgan fingerprint density at radius 3 is 2.50 bits per heavy atom. The van der Waals surface area contributed by atoms with Gasteiger partial charge in [-0.25, -0.2) is 4.79 Å². The van der Waals surface area contributed by atoms with Crippen LogP contribution in [0, 0.1) is 13.8 Å². The number of anilines is 1. The van der Waals surface area contributed by atoms with Crippen LogP contribution < -0.4 is 5.73 Å². The number of hydrogen-bond donors (Lipinski definition) is 2. The van der Waals surface area contributed by atoms with E-state index >= 15 is 0 Å². The van der Waals surface area contributed by atoms with Crippen molar-refractivity contribution in [1.82, 2.24) is 0 Å². The van der Waals surface area contributed by atoms with Gasteiger partial charge in [-0.1, -0.05) is 29.8 Å². The molecule has 0 radical (unpaired) electrons. The monoisotopic (exact) mass is 241 g/mol. The van der Waals surface area contributed by atoms with Gasteiger partial charge in [-0.15, -0.1) is 0 Å². The predicted molar refractivity (Wildman–Crippen MR) is 72.7 cm³/mol. The first-order chi connectivity index (χ1) is 8.49. The number of nitrogens with two attached hydrogens (primary N) is 1. The van der Waals surface area contributed by atoms with Crippen molar-refractivity contribution in [2.75, 3.05) is 5.73 Å². The molecule has 0 fully saturated rings. The lowest BCUT2D eigenvalue weighted by molar-refractivity contribution is 0.0698. The summed E-state index contributed by atoms with van der Waals surface area (Å²) in [6, 6.07) is 11.2. The highest BCUT2D eigenvalue weighted by atomic mass is 16.4. The third-order valence-electron chi connectivity index (χ3n) is 2.99. The summed E-state index contributed by atoms with van der Waals surface area (Å²) in [5, 5.41) is 9.08. The van der Waals surface area contributed by atoms with E-state index in [4.69, 9.17) is 10.8 Å². The molecule has 0 saturated heterocycles. The van der Waals surface area contributed by atoms with Crippen molar-refractivity contribution in [3.8, 4) is 11.1 Å². The minimum Gasteiger partial charge on any atom is -0.478 e. The van der Waals surface area contributed by atoms with Crippen molar-refractivity contribution in [2.24, 2.45) is 0 Å². The summed E-state index contributed by atoms with van der Waals surface area (Å²) in [5.41, 5.74) is 10.3. The van der Waals surface area contributed by atoms with E-state index in [1.165, 1.54) is 0 Å². The van der Waals surface area contributed by atoms with Crippen LogP contribution in [-0.4, -0.2) is 11.1 Å². The molecule has 2 aromatic rings. The van der Waals surface area contributed by atoms with Gasteiger partial charge in [-0.2, -0.15) is 0 Å². The summed E-state index contributed by atoms with van der Waals surface area (Å²) < 4.78 is 0. The summed E-state index contributed by atoms with van der Waals surface area (Å²) in [5.74, 6) is -1.00. The summed E-state index contributed by atoms with van der Waals surface area (Å²) >= 11 is 0. The molecule has 92 valence electrons. The number of carbonyl (C=O) groups is 1. The normalized spacial score (nSPS) is 10.3. The summed E-state index contributed by atoms with van der Waals surface area (Å²) in [7, 11) is 0. The average Bonchev–Trinajstić information content (AvgIpc) is 2.33. The number of benzene rings is 2. The maximum absolute atomic E-state index is 11.1. The first-order valence-electron chi connectivity index (χ1n) is 5.69. The zero-order chi connectivity index (χ0) is 13.3. The van der Waals surface area contributed by atoms with Crippen molar-refractivity contribution >= 4 is 11.7 Å². The number of rotatable bonds is 2. The molecule has 2 aromatic carbocycles. The summed E-state index contributed by atoms with van der Waals surface area (Å²) in [4.78, 5) is 11.1. The zero-order valence-electron chi connectivity index (χ0n) is 10.4. The molecule has 0 aliphatic heterocycles. The van der Waals surface area contributed by atoms with Gasteiger partial charge in [0.25, 0.3) is 0 Å². The van der Waals surface area contributed by atoms with Crippen molar-refractivity contribution < 1.29 is 9.90 Å². The van der Waals surface area contributed by atoms with Crippen LogP contribution >= 0.6 is 0 Å². The highest BCUT2D eigenvalue weighted by Gasteiger charge is 2.10. The topological polar surface area (TPSA) is 63.3 Å². The number of carboxylic acids is 1. The van der Waals surface area contributed by atoms with Crippen molar-refractivity contribution in [3.63, 3.8) is 0 Å². The largest absolute Gasteiger partial charge is 0.478 e. The SMILES string of the molecule is Cc1ccc(C)c(-c2ccc(N)c(C(=O)O)c2)c1. The Bertz CT molecular complexity index is 618. The lowest BCUT2D eigenvalue weighted by Gasteiger charge is -2.09. The van der Waals surface area contributed by atoms with Crippen molar-refractivity contribution in [1.29, 1.82) is 0 Å². The van der Waals surface area contributed by atoms with Crippen LogP contribution in [0.25, 0.3) is 11.1 Å². The number of aryl methyl sites for hydroxylation is 2. The minimum absolute atomic E-state index is 0.147. The lowest BCUT2D eigenvalue weighted by atomic mass is 9.96. The second-order valence-corrected chi connectivity index (χ2v) is 4.43. The van der Waals surface area contributed by atoms with Gasteiger partial charge < -0.3 is 10.8 Å². The maximum Gasteiger partial charge on any atom is 0.337 e. The molecule has 0 unspecified atom stereocenters. The summed E-state index contributed by atoms with van der Waals surface area (Å²) in [6.45, 7) is 4.02. The smallest absolute Gasteiger partial charge is 0.337 e. The quantitative estimate of drug-likeness (QED) is 0.793. The molecule has 0 aliphatic carbocycles. The van der Waals surface area contributed by atoms with Crippen LogP contribution in [0.3, 0.4) is 0 Å². The van der Waals surface area contributed by atoms with Crippen molar-refractivity contribution in [2.45, 2.75) is 13.8 Å². The molecule has 0 aliphatic rings. The fraction of sp³-hybridized carbons (Fsp3) is 0.133. The van der Waals surface area contributed by atoms with Crippen LogP contribution in [0.15, 0.2) is 36.4 Å².